The summed E-state index contributed by atoms with van der Waals surface area (Å²) in [6.45, 7) is 7.42. The summed E-state index contributed by atoms with van der Waals surface area (Å²) in [5, 5.41) is 2.50. The van der Waals surface area contributed by atoms with E-state index in [0.29, 0.717) is 6.61 Å². The van der Waals surface area contributed by atoms with Crippen molar-refractivity contribution >= 4 is 36.5 Å². The van der Waals surface area contributed by atoms with Crippen LogP contribution in [0.15, 0.2) is 60.7 Å². The lowest BCUT2D eigenvalue weighted by Crippen LogP contribution is -2.66. The first kappa shape index (κ1) is 23.5. The van der Waals surface area contributed by atoms with Crippen molar-refractivity contribution in [2.75, 3.05) is 18.6 Å². The summed E-state index contributed by atoms with van der Waals surface area (Å²) in [5.41, 5.74) is 5.21. The van der Waals surface area contributed by atoms with Crippen LogP contribution in [0, 0.1) is 0 Å². The van der Waals surface area contributed by atoms with E-state index >= 15 is 0 Å². The number of nitrogens with two attached hydrogens (primary N) is 1. The van der Waals surface area contributed by atoms with Gasteiger partial charge < -0.3 is 14.9 Å². The van der Waals surface area contributed by atoms with Crippen LogP contribution in [0.25, 0.3) is 0 Å². The molecule has 0 spiro atoms. The molecule has 0 radical (unpaired) electrons. The lowest BCUT2D eigenvalue weighted by Gasteiger charge is -2.43. The molecule has 2 N–H and O–H groups in total. The van der Waals surface area contributed by atoms with Gasteiger partial charge in [0, 0.05) is 12.4 Å². The minimum Gasteiger partial charge on any atom is -0.446 e. The maximum Gasteiger partial charge on any atom is 0.404 e. The third-order valence-corrected chi connectivity index (χ3v) is 10.8. The Bertz CT molecular complexity index is 710. The van der Waals surface area contributed by atoms with Crippen molar-refractivity contribution in [3.63, 3.8) is 0 Å². The van der Waals surface area contributed by atoms with E-state index in [4.69, 9.17) is 14.9 Å². The third kappa shape index (κ3) is 6.11. The summed E-state index contributed by atoms with van der Waals surface area (Å²) in [6, 6.07) is 21.2. The zero-order chi connectivity index (χ0) is 21.3. The number of carbonyl (C=O) groups is 1. The maximum atomic E-state index is 11.1. The highest BCUT2D eigenvalue weighted by Gasteiger charge is 2.49. The number of thioether (sulfide) groups is 1. The van der Waals surface area contributed by atoms with Gasteiger partial charge in [-0.1, -0.05) is 81.4 Å². The normalized spacial score (nSPS) is 13.1. The van der Waals surface area contributed by atoms with E-state index < -0.39 is 14.4 Å². The van der Waals surface area contributed by atoms with E-state index in [1.54, 1.807) is 11.8 Å². The van der Waals surface area contributed by atoms with Crippen LogP contribution in [-0.2, 0) is 9.16 Å². The van der Waals surface area contributed by atoms with Gasteiger partial charge in [0.2, 0.25) is 0 Å². The van der Waals surface area contributed by atoms with Crippen LogP contribution in [-0.4, -0.2) is 39.1 Å². The predicted molar refractivity (Wildman–Crippen MR) is 126 cm³/mol. The van der Waals surface area contributed by atoms with Crippen LogP contribution >= 0.6 is 11.8 Å². The summed E-state index contributed by atoms with van der Waals surface area (Å²) in [4.78, 5) is 11.1. The standard InChI is InChI=1S/C23H33NO3SSi/c1-23(2,3)29(20-13-7-5-8-14-20,21-15-9-6-10-16-21)26-17-11-12-19(18-28-4)27-22(24)25/h5-10,13-16,19H,11-12,17-18H2,1-4H3,(H2,24,25)/t19-/m1/s1. The molecule has 1 amide bonds. The average molecular weight is 432 g/mol. The van der Waals surface area contributed by atoms with Crippen molar-refractivity contribution in [2.24, 2.45) is 5.73 Å². The molecule has 0 unspecified atom stereocenters. The molecule has 0 heterocycles. The van der Waals surface area contributed by atoms with E-state index in [-0.39, 0.29) is 11.1 Å². The van der Waals surface area contributed by atoms with Gasteiger partial charge >= 0.3 is 6.09 Å². The van der Waals surface area contributed by atoms with Gasteiger partial charge in [0.05, 0.1) is 0 Å². The molecular weight excluding hydrogens is 398 g/mol. The topological polar surface area (TPSA) is 61.6 Å². The predicted octanol–water partition coefficient (Wildman–Crippen LogP) is 4.17. The number of hydrogen-bond acceptors (Lipinski definition) is 4. The Hall–Kier alpha value is -1.76. The number of rotatable bonds is 10. The molecule has 0 aromatic heterocycles. The van der Waals surface area contributed by atoms with Crippen molar-refractivity contribution < 1.29 is 14.0 Å². The zero-order valence-corrected chi connectivity index (χ0v) is 19.7. The van der Waals surface area contributed by atoms with Crippen molar-refractivity contribution in [3.05, 3.63) is 60.7 Å². The van der Waals surface area contributed by atoms with E-state index in [9.17, 15) is 4.79 Å². The first-order chi connectivity index (χ1) is 13.8. The monoisotopic (exact) mass is 431 g/mol. The number of hydrogen-bond donors (Lipinski definition) is 1. The lowest BCUT2D eigenvalue weighted by atomic mass is 10.2. The third-order valence-electron chi connectivity index (χ3n) is 5.04. The minimum atomic E-state index is -2.51. The number of benzene rings is 2. The van der Waals surface area contributed by atoms with Crippen molar-refractivity contribution in [2.45, 2.75) is 44.8 Å². The average Bonchev–Trinajstić information content (AvgIpc) is 2.68. The van der Waals surface area contributed by atoms with E-state index in [0.717, 1.165) is 18.6 Å². The molecule has 0 saturated heterocycles. The fraction of sp³-hybridized carbons (Fsp3) is 0.435. The van der Waals surface area contributed by atoms with Gasteiger partial charge in [-0.05, 0) is 34.5 Å². The van der Waals surface area contributed by atoms with Gasteiger partial charge in [0.25, 0.3) is 8.32 Å². The Morgan fingerprint density at radius 2 is 1.55 bits per heavy atom. The van der Waals surface area contributed by atoms with Crippen LogP contribution in [0.3, 0.4) is 0 Å². The van der Waals surface area contributed by atoms with E-state index in [1.807, 2.05) is 18.4 Å². The van der Waals surface area contributed by atoms with Gasteiger partial charge in [-0.3, -0.25) is 0 Å². The smallest absolute Gasteiger partial charge is 0.404 e. The zero-order valence-electron chi connectivity index (χ0n) is 17.9. The molecule has 0 aliphatic carbocycles. The van der Waals surface area contributed by atoms with Gasteiger partial charge in [-0.25, -0.2) is 4.79 Å². The van der Waals surface area contributed by atoms with E-state index in [2.05, 4.69) is 69.3 Å². The minimum absolute atomic E-state index is 0.0435. The molecule has 29 heavy (non-hydrogen) atoms. The summed E-state index contributed by atoms with van der Waals surface area (Å²) in [7, 11) is -2.51. The van der Waals surface area contributed by atoms with E-state index in [1.165, 1.54) is 10.4 Å². The Morgan fingerprint density at radius 3 is 1.97 bits per heavy atom. The van der Waals surface area contributed by atoms with Crippen molar-refractivity contribution in [3.8, 4) is 0 Å². The second-order valence-corrected chi connectivity index (χ2v) is 13.4. The molecule has 2 aromatic carbocycles. The van der Waals surface area contributed by atoms with Crippen LogP contribution < -0.4 is 16.1 Å². The fourth-order valence-corrected chi connectivity index (χ4v) is 9.04. The molecule has 0 saturated carbocycles. The maximum absolute atomic E-state index is 11.1. The van der Waals surface area contributed by atoms with Crippen LogP contribution in [0.4, 0.5) is 4.79 Å². The number of amides is 1. The first-order valence-electron chi connectivity index (χ1n) is 10.0. The van der Waals surface area contributed by atoms with Gasteiger partial charge in [-0.2, -0.15) is 11.8 Å². The van der Waals surface area contributed by atoms with Crippen LogP contribution in [0.2, 0.25) is 5.04 Å². The molecule has 6 heteroatoms. The summed E-state index contributed by atoms with van der Waals surface area (Å²) in [6.07, 6.45) is 2.66. The number of primary amides is 1. The van der Waals surface area contributed by atoms with Crippen LogP contribution in [0.5, 0.6) is 0 Å². The highest BCUT2D eigenvalue weighted by Crippen LogP contribution is 2.36. The summed E-state index contributed by atoms with van der Waals surface area (Å²) >= 11 is 1.65. The van der Waals surface area contributed by atoms with Gasteiger partial charge in [0.1, 0.15) is 6.10 Å². The molecule has 0 aliphatic heterocycles. The first-order valence-corrected chi connectivity index (χ1v) is 13.3. The highest BCUT2D eigenvalue weighted by atomic mass is 32.2. The van der Waals surface area contributed by atoms with Gasteiger partial charge in [0.15, 0.2) is 0 Å². The summed E-state index contributed by atoms with van der Waals surface area (Å²) in [5.74, 6) is 0.738. The quantitative estimate of drug-likeness (QED) is 0.453. The Labute approximate surface area is 180 Å². The van der Waals surface area contributed by atoms with Crippen molar-refractivity contribution in [1.82, 2.24) is 0 Å². The number of carbonyl (C=O) groups excluding carboxylic acids is 1. The molecule has 4 nitrogen and oxygen atoms in total. The summed E-state index contributed by atoms with van der Waals surface area (Å²) < 4.78 is 12.1. The Kier molecular flexibility index (Phi) is 8.80. The molecular formula is C23H33NO3SSi. The highest BCUT2D eigenvalue weighted by molar-refractivity contribution is 7.98. The molecule has 158 valence electrons. The Morgan fingerprint density at radius 1 is 1.03 bits per heavy atom. The van der Waals surface area contributed by atoms with Crippen molar-refractivity contribution in [1.29, 1.82) is 0 Å². The molecule has 2 aromatic rings. The molecule has 0 bridgehead atoms. The molecule has 0 fully saturated rings. The fourth-order valence-electron chi connectivity index (χ4n) is 3.82. The largest absolute Gasteiger partial charge is 0.446 e. The lowest BCUT2D eigenvalue weighted by molar-refractivity contribution is 0.109. The van der Waals surface area contributed by atoms with Crippen LogP contribution in [0.1, 0.15) is 33.6 Å². The molecule has 0 aliphatic rings. The Balaban J connectivity index is 2.26. The molecule has 1 atom stereocenters. The number of ether oxygens (including phenoxy) is 1. The SMILES string of the molecule is CSC[C@@H](CCCO[Si](c1ccccc1)(c1ccccc1)C(C)(C)C)OC(N)=O. The van der Waals surface area contributed by atoms with Gasteiger partial charge in [-0.15, -0.1) is 0 Å². The second-order valence-electron chi connectivity index (χ2n) is 8.17. The molecule has 2 rings (SSSR count). The second kappa shape index (κ2) is 10.9.